The first-order valence-electron chi connectivity index (χ1n) is 10.9. The first kappa shape index (κ1) is 20.9. The molecule has 1 aromatic carbocycles. The van der Waals surface area contributed by atoms with E-state index < -0.39 is 0 Å². The lowest BCUT2D eigenvalue weighted by Gasteiger charge is -2.31. The second-order valence-electron chi connectivity index (χ2n) is 8.60. The van der Waals surface area contributed by atoms with Crippen molar-refractivity contribution in [2.75, 3.05) is 29.9 Å². The Morgan fingerprint density at radius 1 is 1.16 bits per heavy atom. The van der Waals surface area contributed by atoms with Crippen LogP contribution >= 0.6 is 11.6 Å². The third-order valence-electron chi connectivity index (χ3n) is 6.24. The lowest BCUT2D eigenvalue weighted by Crippen LogP contribution is -2.43. The summed E-state index contributed by atoms with van der Waals surface area (Å²) in [4.78, 5) is 29.8. The van der Waals surface area contributed by atoms with Crippen LogP contribution in [-0.2, 0) is 17.9 Å². The molecule has 0 aliphatic carbocycles. The zero-order chi connectivity index (χ0) is 22.2. The highest BCUT2D eigenvalue weighted by Crippen LogP contribution is 2.33. The highest BCUT2D eigenvalue weighted by Gasteiger charge is 2.26. The molecule has 5 rings (SSSR count). The fourth-order valence-corrected chi connectivity index (χ4v) is 4.76. The number of fused-ring (bicyclic) bond motifs is 2. The summed E-state index contributed by atoms with van der Waals surface area (Å²) in [5.74, 6) is 1.26. The van der Waals surface area contributed by atoms with Gasteiger partial charge in [-0.05, 0) is 43.0 Å². The van der Waals surface area contributed by atoms with Crippen molar-refractivity contribution in [3.05, 3.63) is 52.3 Å². The zero-order valence-corrected chi connectivity index (χ0v) is 18.8. The second-order valence-corrected chi connectivity index (χ2v) is 8.99. The number of likely N-dealkylation sites (tertiary alicyclic amines) is 1. The number of carbonyl (C=O) groups excluding carboxylic acids is 1. The summed E-state index contributed by atoms with van der Waals surface area (Å²) >= 11 is 6.11. The van der Waals surface area contributed by atoms with E-state index in [0.717, 1.165) is 60.5 Å². The van der Waals surface area contributed by atoms with Crippen LogP contribution in [0.3, 0.4) is 0 Å². The molecule has 9 heteroatoms. The van der Waals surface area contributed by atoms with Crippen LogP contribution in [0.5, 0.6) is 0 Å². The van der Waals surface area contributed by atoms with E-state index >= 15 is 0 Å². The smallest absolute Gasteiger partial charge is 0.231 e. The zero-order valence-electron chi connectivity index (χ0n) is 18.0. The molecule has 0 radical (unpaired) electrons. The van der Waals surface area contributed by atoms with Gasteiger partial charge in [-0.1, -0.05) is 29.8 Å². The summed E-state index contributed by atoms with van der Waals surface area (Å²) in [7, 11) is 0. The number of rotatable bonds is 5. The van der Waals surface area contributed by atoms with E-state index in [0.29, 0.717) is 24.2 Å². The number of nitrogens with two attached hydrogens (primary N) is 1. The number of piperidine rings is 1. The second kappa shape index (κ2) is 8.52. The van der Waals surface area contributed by atoms with Gasteiger partial charge in [-0.2, -0.15) is 4.98 Å². The van der Waals surface area contributed by atoms with Gasteiger partial charge in [0.2, 0.25) is 11.9 Å². The number of aryl methyl sites for hydroxylation is 1. The Morgan fingerprint density at radius 2 is 1.97 bits per heavy atom. The Kier molecular flexibility index (Phi) is 5.57. The monoisotopic (exact) mass is 451 g/mol. The molecule has 2 aromatic heterocycles. The molecule has 2 aliphatic heterocycles. The fraction of sp³-hybridized carbons (Fsp3) is 0.391. The number of aromatic nitrogens is 3. The van der Waals surface area contributed by atoms with Gasteiger partial charge in [0, 0.05) is 31.1 Å². The number of hydrogen-bond acceptors (Lipinski definition) is 7. The number of pyridine rings is 1. The van der Waals surface area contributed by atoms with E-state index in [9.17, 15) is 4.79 Å². The maximum Gasteiger partial charge on any atom is 0.231 e. The van der Waals surface area contributed by atoms with Crippen LogP contribution in [0.4, 0.5) is 11.8 Å². The van der Waals surface area contributed by atoms with Crippen LogP contribution in [0, 0.1) is 6.92 Å². The van der Waals surface area contributed by atoms with Crippen LogP contribution in [-0.4, -0.2) is 51.4 Å². The van der Waals surface area contributed by atoms with Crippen LogP contribution in [0.25, 0.3) is 10.9 Å². The molecule has 166 valence electrons. The quantitative estimate of drug-likeness (QED) is 0.575. The molecular formula is C23H26ClN7O. The van der Waals surface area contributed by atoms with Crippen molar-refractivity contribution in [3.63, 3.8) is 0 Å². The maximum absolute atomic E-state index is 11.2. The molecule has 32 heavy (non-hydrogen) atoms. The number of nitrogens with zero attached hydrogens (tertiary/aromatic N) is 5. The van der Waals surface area contributed by atoms with E-state index in [2.05, 4.69) is 39.2 Å². The Labute approximate surface area is 191 Å². The first-order chi connectivity index (χ1) is 15.5. The lowest BCUT2D eigenvalue weighted by molar-refractivity contribution is -0.119. The molecule has 0 atom stereocenters. The van der Waals surface area contributed by atoms with Gasteiger partial charge in [-0.15, -0.1) is 0 Å². The predicted octanol–water partition coefficient (Wildman–Crippen LogP) is 2.87. The van der Waals surface area contributed by atoms with Gasteiger partial charge in [-0.25, -0.2) is 9.97 Å². The van der Waals surface area contributed by atoms with Crippen molar-refractivity contribution in [2.24, 2.45) is 5.73 Å². The fourth-order valence-electron chi connectivity index (χ4n) is 4.60. The highest BCUT2D eigenvalue weighted by molar-refractivity contribution is 6.29. The van der Waals surface area contributed by atoms with Crippen molar-refractivity contribution in [1.29, 1.82) is 0 Å². The molecular weight excluding hydrogens is 426 g/mol. The number of benzene rings is 1. The van der Waals surface area contributed by atoms with E-state index in [4.69, 9.17) is 27.3 Å². The Balaban J connectivity index is 1.42. The first-order valence-corrected chi connectivity index (χ1v) is 11.3. The number of anilines is 2. The van der Waals surface area contributed by atoms with E-state index in [-0.39, 0.29) is 11.9 Å². The molecule has 8 nitrogen and oxygen atoms in total. The number of nitrogens with one attached hydrogen (secondary N) is 1. The Bertz CT molecular complexity index is 1180. The van der Waals surface area contributed by atoms with Crippen LogP contribution in [0.1, 0.15) is 29.7 Å². The summed E-state index contributed by atoms with van der Waals surface area (Å²) in [6.45, 7) is 5.45. The van der Waals surface area contributed by atoms with Gasteiger partial charge in [0.05, 0.1) is 24.3 Å². The van der Waals surface area contributed by atoms with Crippen molar-refractivity contribution < 1.29 is 4.79 Å². The van der Waals surface area contributed by atoms with Crippen LogP contribution in [0.15, 0.2) is 30.3 Å². The Hall–Kier alpha value is -2.97. The van der Waals surface area contributed by atoms with Gasteiger partial charge in [-0.3, -0.25) is 9.69 Å². The number of primary amides is 1. The third kappa shape index (κ3) is 4.20. The van der Waals surface area contributed by atoms with Crippen molar-refractivity contribution >= 4 is 40.2 Å². The number of hydrogen-bond donors (Lipinski definition) is 2. The minimum atomic E-state index is -0.281. The van der Waals surface area contributed by atoms with Crippen molar-refractivity contribution in [2.45, 2.75) is 38.9 Å². The number of halogens is 1. The summed E-state index contributed by atoms with van der Waals surface area (Å²) in [6.07, 6.45) is 1.82. The molecule has 1 fully saturated rings. The molecule has 3 N–H and O–H groups in total. The van der Waals surface area contributed by atoms with Crippen LogP contribution < -0.4 is 16.0 Å². The van der Waals surface area contributed by atoms with E-state index in [1.807, 2.05) is 18.2 Å². The summed E-state index contributed by atoms with van der Waals surface area (Å²) in [6, 6.07) is 10.3. The largest absolute Gasteiger partial charge is 0.369 e. The molecule has 0 spiro atoms. The Morgan fingerprint density at radius 3 is 2.75 bits per heavy atom. The number of para-hydroxylation sites is 1. The maximum atomic E-state index is 11.2. The summed E-state index contributed by atoms with van der Waals surface area (Å²) in [5, 5.41) is 5.09. The molecule has 4 heterocycles. The molecule has 3 aromatic rings. The molecule has 0 unspecified atom stereocenters. The van der Waals surface area contributed by atoms with Gasteiger partial charge in [0.15, 0.2) is 0 Å². The van der Waals surface area contributed by atoms with E-state index in [1.165, 1.54) is 5.56 Å². The molecule has 2 aliphatic rings. The van der Waals surface area contributed by atoms with Crippen molar-refractivity contribution in [1.82, 2.24) is 19.9 Å². The molecule has 0 saturated carbocycles. The molecule has 1 saturated heterocycles. The van der Waals surface area contributed by atoms with Crippen LogP contribution in [0.2, 0.25) is 5.15 Å². The predicted molar refractivity (Wildman–Crippen MR) is 126 cm³/mol. The topological polar surface area (TPSA) is 100 Å². The highest BCUT2D eigenvalue weighted by atomic mass is 35.5. The minimum Gasteiger partial charge on any atom is -0.369 e. The number of amides is 1. The van der Waals surface area contributed by atoms with E-state index in [1.54, 1.807) is 0 Å². The average molecular weight is 452 g/mol. The minimum absolute atomic E-state index is 0.254. The van der Waals surface area contributed by atoms with Crippen molar-refractivity contribution in [3.8, 4) is 0 Å². The SMILES string of the molecule is Cc1cccc2c(N3Cc4ccc(Cl)nc4C3)nc(NC3CCN(CC(N)=O)CC3)nc12. The normalized spacial score (nSPS) is 17.0. The lowest BCUT2D eigenvalue weighted by atomic mass is 10.1. The molecule has 0 bridgehead atoms. The average Bonchev–Trinajstić information content (AvgIpc) is 3.18. The molecule has 1 amide bonds. The third-order valence-corrected chi connectivity index (χ3v) is 6.45. The van der Waals surface area contributed by atoms with Gasteiger partial charge in [0.25, 0.3) is 0 Å². The summed E-state index contributed by atoms with van der Waals surface area (Å²) < 4.78 is 0. The van der Waals surface area contributed by atoms with Gasteiger partial charge in [0.1, 0.15) is 11.0 Å². The van der Waals surface area contributed by atoms with Gasteiger partial charge < -0.3 is 16.0 Å². The summed E-state index contributed by atoms with van der Waals surface area (Å²) in [5.41, 5.74) is 9.56. The number of carbonyl (C=O) groups is 1. The van der Waals surface area contributed by atoms with Gasteiger partial charge >= 0.3 is 0 Å². The standard InChI is InChI=1S/C23H26ClN7O/c1-14-3-2-4-17-21(14)28-23(26-16-7-9-30(10-8-16)13-20(25)32)29-22(17)31-11-15-5-6-19(24)27-18(15)12-31/h2-6,16H,7-13H2,1H3,(H2,25,32)(H,26,28,29).